The monoisotopic (exact) mass is 287 g/mol. The van der Waals surface area contributed by atoms with E-state index in [2.05, 4.69) is 9.55 Å². The molecule has 102 valence electrons. The van der Waals surface area contributed by atoms with Gasteiger partial charge >= 0.3 is 0 Å². The van der Waals surface area contributed by atoms with Gasteiger partial charge in [-0.3, -0.25) is 10.1 Å². The molecule has 0 bridgehead atoms. The van der Waals surface area contributed by atoms with Gasteiger partial charge in [0.2, 0.25) is 0 Å². The molecule has 6 heteroatoms. The average Bonchev–Trinajstić information content (AvgIpc) is 3.02. The Hall–Kier alpha value is -2.21. The maximum atomic E-state index is 10.9. The van der Waals surface area contributed by atoms with Crippen molar-refractivity contribution in [1.82, 2.24) is 9.55 Å². The molecule has 3 rings (SSSR count). The Balaban J connectivity index is 1.89. The van der Waals surface area contributed by atoms with Crippen molar-refractivity contribution in [3.05, 3.63) is 56.7 Å². The number of hydrogen-bond acceptors (Lipinski definition) is 4. The molecule has 3 aromatic rings. The van der Waals surface area contributed by atoms with Crippen molar-refractivity contribution in [3.63, 3.8) is 0 Å². The molecular formula is C14H13N3O2S. The molecule has 0 aliphatic heterocycles. The molecule has 0 saturated carbocycles. The number of non-ortho nitro benzene ring substituents is 1. The summed E-state index contributed by atoms with van der Waals surface area (Å²) in [5.41, 5.74) is 3.95. The molecule has 0 spiro atoms. The van der Waals surface area contributed by atoms with Crippen LogP contribution in [0.5, 0.6) is 0 Å². The molecule has 5 nitrogen and oxygen atoms in total. The molecule has 0 aliphatic rings. The molecule has 0 fully saturated rings. The number of thiazole rings is 1. The van der Waals surface area contributed by atoms with E-state index in [4.69, 9.17) is 0 Å². The summed E-state index contributed by atoms with van der Waals surface area (Å²) in [6.07, 6.45) is 2.87. The Morgan fingerprint density at radius 2 is 2.25 bits per heavy atom. The fraction of sp³-hybridized carbons (Fsp3) is 0.214. The third-order valence-electron chi connectivity index (χ3n) is 3.39. The summed E-state index contributed by atoms with van der Waals surface area (Å²) < 4.78 is 2.06. The lowest BCUT2D eigenvalue weighted by Gasteiger charge is -2.04. The predicted octanol–water partition coefficient (Wildman–Crippen LogP) is 3.56. The second-order valence-corrected chi connectivity index (χ2v) is 5.56. The summed E-state index contributed by atoms with van der Waals surface area (Å²) in [4.78, 5) is 16.0. The number of rotatable bonds is 4. The van der Waals surface area contributed by atoms with Gasteiger partial charge in [0, 0.05) is 41.6 Å². The van der Waals surface area contributed by atoms with Crippen LogP contribution in [0.3, 0.4) is 0 Å². The number of benzene rings is 1. The molecular weight excluding hydrogens is 274 g/mol. The number of nitro groups is 1. The van der Waals surface area contributed by atoms with Crippen LogP contribution in [-0.2, 0) is 13.0 Å². The Labute approximate surface area is 119 Å². The summed E-state index contributed by atoms with van der Waals surface area (Å²) in [5, 5.41) is 11.9. The normalized spacial score (nSPS) is 11.1. The molecule has 2 heterocycles. The van der Waals surface area contributed by atoms with Crippen molar-refractivity contribution in [2.24, 2.45) is 0 Å². The summed E-state index contributed by atoms with van der Waals surface area (Å²) in [5.74, 6) is 0. The third kappa shape index (κ3) is 2.30. The zero-order valence-electron chi connectivity index (χ0n) is 10.9. The minimum absolute atomic E-state index is 0.131. The largest absolute Gasteiger partial charge is 0.347 e. The van der Waals surface area contributed by atoms with Gasteiger partial charge in [-0.1, -0.05) is 0 Å². The smallest absolute Gasteiger partial charge is 0.271 e. The van der Waals surface area contributed by atoms with E-state index in [0.29, 0.717) is 0 Å². The standard InChI is InChI=1S/C14H13N3O2S/c1-10-14(20-9-15-10)5-7-16-6-4-11-2-3-12(17(18)19)8-13(11)16/h2-4,6,8-9H,5,7H2,1H3. The highest BCUT2D eigenvalue weighted by Crippen LogP contribution is 2.23. The molecule has 0 amide bonds. The number of nitrogens with zero attached hydrogens (tertiary/aromatic N) is 3. The predicted molar refractivity (Wildman–Crippen MR) is 79.1 cm³/mol. The highest BCUT2D eigenvalue weighted by atomic mass is 32.1. The van der Waals surface area contributed by atoms with Gasteiger partial charge in [-0.25, -0.2) is 4.98 Å². The Morgan fingerprint density at radius 1 is 1.40 bits per heavy atom. The van der Waals surface area contributed by atoms with Crippen molar-refractivity contribution in [1.29, 1.82) is 0 Å². The first-order chi connectivity index (χ1) is 9.65. The van der Waals surface area contributed by atoms with E-state index in [1.807, 2.05) is 24.7 Å². The summed E-state index contributed by atoms with van der Waals surface area (Å²) in [6.45, 7) is 2.80. The van der Waals surface area contributed by atoms with Gasteiger partial charge in [-0.05, 0) is 19.1 Å². The second kappa shape index (κ2) is 5.05. The number of nitro benzene ring substituents is 1. The van der Waals surface area contributed by atoms with E-state index in [0.717, 1.165) is 29.6 Å². The van der Waals surface area contributed by atoms with Crippen molar-refractivity contribution in [3.8, 4) is 0 Å². The summed E-state index contributed by atoms with van der Waals surface area (Å²) in [7, 11) is 0. The van der Waals surface area contributed by atoms with E-state index in [-0.39, 0.29) is 10.6 Å². The topological polar surface area (TPSA) is 61.0 Å². The summed E-state index contributed by atoms with van der Waals surface area (Å²) >= 11 is 1.65. The Kier molecular flexibility index (Phi) is 3.23. The quantitative estimate of drug-likeness (QED) is 0.544. The molecule has 20 heavy (non-hydrogen) atoms. The minimum atomic E-state index is -0.357. The summed E-state index contributed by atoms with van der Waals surface area (Å²) in [6, 6.07) is 6.95. The van der Waals surface area contributed by atoms with Crippen LogP contribution in [-0.4, -0.2) is 14.5 Å². The van der Waals surface area contributed by atoms with Crippen LogP contribution in [0.15, 0.2) is 36.0 Å². The van der Waals surface area contributed by atoms with Crippen LogP contribution >= 0.6 is 11.3 Å². The lowest BCUT2D eigenvalue weighted by Crippen LogP contribution is -2.00. The number of aryl methyl sites for hydroxylation is 3. The maximum Gasteiger partial charge on any atom is 0.271 e. The molecule has 0 atom stereocenters. The van der Waals surface area contributed by atoms with E-state index in [9.17, 15) is 10.1 Å². The molecule has 0 saturated heterocycles. The zero-order valence-corrected chi connectivity index (χ0v) is 11.8. The number of aromatic nitrogens is 2. The van der Waals surface area contributed by atoms with Crippen LogP contribution in [0.2, 0.25) is 0 Å². The van der Waals surface area contributed by atoms with Crippen molar-refractivity contribution in [2.75, 3.05) is 0 Å². The Morgan fingerprint density at radius 3 is 2.95 bits per heavy atom. The fourth-order valence-corrected chi connectivity index (χ4v) is 3.04. The van der Waals surface area contributed by atoms with Crippen molar-refractivity contribution < 1.29 is 4.92 Å². The maximum absolute atomic E-state index is 10.9. The highest BCUT2D eigenvalue weighted by Gasteiger charge is 2.09. The van der Waals surface area contributed by atoms with Crippen molar-refractivity contribution in [2.45, 2.75) is 19.9 Å². The van der Waals surface area contributed by atoms with Gasteiger partial charge in [0.25, 0.3) is 5.69 Å². The van der Waals surface area contributed by atoms with Gasteiger partial charge in [0.1, 0.15) is 0 Å². The van der Waals surface area contributed by atoms with Crippen LogP contribution in [0, 0.1) is 17.0 Å². The molecule has 0 unspecified atom stereocenters. The SMILES string of the molecule is Cc1ncsc1CCn1ccc2ccc([N+](=O)[O-])cc21. The fourth-order valence-electron chi connectivity index (χ4n) is 2.27. The molecule has 0 radical (unpaired) electrons. The highest BCUT2D eigenvalue weighted by molar-refractivity contribution is 7.09. The van der Waals surface area contributed by atoms with Gasteiger partial charge in [-0.15, -0.1) is 11.3 Å². The number of hydrogen-bond donors (Lipinski definition) is 0. The van der Waals surface area contributed by atoms with Gasteiger partial charge in [0.15, 0.2) is 0 Å². The lowest BCUT2D eigenvalue weighted by atomic mass is 10.2. The first kappa shape index (κ1) is 12.8. The molecule has 2 aromatic heterocycles. The van der Waals surface area contributed by atoms with Gasteiger partial charge in [0.05, 0.1) is 21.6 Å². The first-order valence-electron chi connectivity index (χ1n) is 6.27. The zero-order chi connectivity index (χ0) is 14.1. The van der Waals surface area contributed by atoms with Crippen LogP contribution < -0.4 is 0 Å². The van der Waals surface area contributed by atoms with Crippen molar-refractivity contribution >= 4 is 27.9 Å². The van der Waals surface area contributed by atoms with E-state index < -0.39 is 0 Å². The Bertz CT molecular complexity index is 776. The molecule has 0 N–H and O–H groups in total. The molecule has 1 aromatic carbocycles. The molecule has 0 aliphatic carbocycles. The van der Waals surface area contributed by atoms with E-state index >= 15 is 0 Å². The van der Waals surface area contributed by atoms with E-state index in [1.54, 1.807) is 29.5 Å². The first-order valence-corrected chi connectivity index (χ1v) is 7.15. The third-order valence-corrected chi connectivity index (χ3v) is 4.39. The van der Waals surface area contributed by atoms with Crippen LogP contribution in [0.25, 0.3) is 10.9 Å². The van der Waals surface area contributed by atoms with Crippen LogP contribution in [0.4, 0.5) is 5.69 Å². The average molecular weight is 287 g/mol. The van der Waals surface area contributed by atoms with Gasteiger partial charge in [-0.2, -0.15) is 0 Å². The lowest BCUT2D eigenvalue weighted by molar-refractivity contribution is -0.384. The van der Waals surface area contributed by atoms with E-state index in [1.165, 1.54) is 4.88 Å². The number of fused-ring (bicyclic) bond motifs is 1. The van der Waals surface area contributed by atoms with Gasteiger partial charge < -0.3 is 4.57 Å². The van der Waals surface area contributed by atoms with Crippen LogP contribution in [0.1, 0.15) is 10.6 Å². The minimum Gasteiger partial charge on any atom is -0.347 e. The second-order valence-electron chi connectivity index (χ2n) is 4.62.